The molecule has 0 aliphatic carbocycles. The molecule has 6 heteroatoms. The van der Waals surface area contributed by atoms with Crippen molar-refractivity contribution in [2.24, 2.45) is 4.41 Å². The largest absolute Gasteiger partial charge is 0.317 e. The molecule has 0 aliphatic heterocycles. The number of rotatable bonds is 9. The maximum atomic E-state index is 6.98. The summed E-state index contributed by atoms with van der Waals surface area (Å²) < 4.78 is 8.67. The smallest absolute Gasteiger partial charge is 0.172 e. The summed E-state index contributed by atoms with van der Waals surface area (Å²) >= 11 is 6.98. The van der Waals surface area contributed by atoms with Gasteiger partial charge in [0.2, 0.25) is 0 Å². The van der Waals surface area contributed by atoms with E-state index in [9.17, 15) is 0 Å². The van der Waals surface area contributed by atoms with Gasteiger partial charge >= 0.3 is 0 Å². The first kappa shape index (κ1) is 27.0. The molecular weight excluding hydrogens is 510 g/mol. The highest BCUT2D eigenvalue weighted by molar-refractivity contribution is 8.23. The molecule has 0 saturated carbocycles. The van der Waals surface area contributed by atoms with Crippen molar-refractivity contribution < 1.29 is 0 Å². The van der Waals surface area contributed by atoms with Crippen LogP contribution in [0.5, 0.6) is 0 Å². The molecule has 4 aromatic rings. The quantitative estimate of drug-likeness (QED) is 0.161. The van der Waals surface area contributed by atoms with E-state index in [4.69, 9.17) is 16.2 Å². The van der Waals surface area contributed by atoms with Crippen molar-refractivity contribution in [2.75, 3.05) is 6.54 Å². The van der Waals surface area contributed by atoms with Crippen LogP contribution < -0.4 is 21.2 Å². The van der Waals surface area contributed by atoms with Gasteiger partial charge in [0.05, 0.1) is 13.4 Å². The number of hydrogen-bond acceptors (Lipinski definition) is 2. The SMILES string of the molecule is CCCN(P(=S)(c1ccccc1)c1ccccc1)P(=N[Si](C)(C)C)(c1ccccc1)c1ccccc1. The second-order valence-corrected chi connectivity index (χ2v) is 22.3. The van der Waals surface area contributed by atoms with Crippen LogP contribution in [-0.4, -0.2) is 19.2 Å². The Morgan fingerprint density at radius 2 is 0.944 bits per heavy atom. The molecule has 0 amide bonds. The molecule has 186 valence electrons. The molecule has 0 fully saturated rings. The van der Waals surface area contributed by atoms with Gasteiger partial charge in [-0.05, 0) is 6.42 Å². The zero-order valence-corrected chi connectivity index (χ0v) is 25.3. The highest BCUT2D eigenvalue weighted by atomic mass is 32.4. The lowest BCUT2D eigenvalue weighted by molar-refractivity contribution is 0.684. The Kier molecular flexibility index (Phi) is 8.66. The summed E-state index contributed by atoms with van der Waals surface area (Å²) in [5.41, 5.74) is 0. The van der Waals surface area contributed by atoms with E-state index in [0.717, 1.165) is 13.0 Å². The predicted molar refractivity (Wildman–Crippen MR) is 168 cm³/mol. The van der Waals surface area contributed by atoms with Crippen LogP contribution in [0.1, 0.15) is 13.3 Å². The van der Waals surface area contributed by atoms with Gasteiger partial charge < -0.3 is 4.41 Å². The van der Waals surface area contributed by atoms with Gasteiger partial charge in [0.1, 0.15) is 0 Å². The lowest BCUT2D eigenvalue weighted by Gasteiger charge is -2.46. The van der Waals surface area contributed by atoms with Gasteiger partial charge in [0.15, 0.2) is 8.24 Å². The normalized spacial score (nSPS) is 12.5. The summed E-state index contributed by atoms with van der Waals surface area (Å²) in [6.45, 7) is 10.2. The van der Waals surface area contributed by atoms with Gasteiger partial charge in [-0.1, -0.05) is 160 Å². The van der Waals surface area contributed by atoms with Crippen LogP contribution in [-0.2, 0) is 11.8 Å². The molecule has 2 nitrogen and oxygen atoms in total. The maximum absolute atomic E-state index is 6.98. The molecule has 0 aliphatic rings. The summed E-state index contributed by atoms with van der Waals surface area (Å²) in [6.07, 6.45) is -1.44. The predicted octanol–water partition coefficient (Wildman–Crippen LogP) is 7.35. The van der Waals surface area contributed by atoms with E-state index < -0.39 is 21.6 Å². The van der Waals surface area contributed by atoms with Crippen molar-refractivity contribution in [1.82, 2.24) is 4.44 Å². The first-order chi connectivity index (χ1) is 17.3. The van der Waals surface area contributed by atoms with E-state index in [1.165, 1.54) is 21.2 Å². The molecule has 0 unspecified atom stereocenters. The minimum absolute atomic E-state index is 0.882. The Labute approximate surface area is 223 Å². The third-order valence-electron chi connectivity index (χ3n) is 5.97. The lowest BCUT2D eigenvalue weighted by atomic mass is 10.4. The van der Waals surface area contributed by atoms with E-state index >= 15 is 0 Å². The van der Waals surface area contributed by atoms with Gasteiger partial charge in [-0.3, -0.25) is 0 Å². The van der Waals surface area contributed by atoms with Crippen LogP contribution in [0.4, 0.5) is 0 Å². The van der Waals surface area contributed by atoms with E-state index in [2.05, 4.69) is 152 Å². The Balaban J connectivity index is 2.21. The van der Waals surface area contributed by atoms with Crippen LogP contribution in [0, 0.1) is 0 Å². The second-order valence-electron chi connectivity index (χ2n) is 9.89. The number of benzene rings is 4. The Morgan fingerprint density at radius 3 is 1.25 bits per heavy atom. The van der Waals surface area contributed by atoms with Crippen LogP contribution in [0.2, 0.25) is 19.6 Å². The third kappa shape index (κ3) is 5.44. The Morgan fingerprint density at radius 1 is 0.611 bits per heavy atom. The van der Waals surface area contributed by atoms with E-state index in [-0.39, 0.29) is 0 Å². The first-order valence-corrected chi connectivity index (χ1v) is 20.5. The van der Waals surface area contributed by atoms with Crippen LogP contribution in [0.3, 0.4) is 0 Å². The average molecular weight is 547 g/mol. The average Bonchev–Trinajstić information content (AvgIpc) is 2.91. The van der Waals surface area contributed by atoms with Crippen molar-refractivity contribution >= 4 is 54.7 Å². The lowest BCUT2D eigenvalue weighted by Crippen LogP contribution is -2.38. The molecule has 0 atom stereocenters. The fourth-order valence-electron chi connectivity index (χ4n) is 4.63. The summed E-state index contributed by atoms with van der Waals surface area (Å²) in [7, 11) is -4.36. The zero-order chi connectivity index (χ0) is 25.7. The first-order valence-electron chi connectivity index (χ1n) is 12.6. The molecule has 0 spiro atoms. The molecule has 0 saturated heterocycles. The summed E-state index contributed by atoms with van der Waals surface area (Å²) in [5.74, 6) is 0. The van der Waals surface area contributed by atoms with Crippen LogP contribution in [0.15, 0.2) is 126 Å². The van der Waals surface area contributed by atoms with Gasteiger partial charge in [0, 0.05) is 27.8 Å². The van der Waals surface area contributed by atoms with Gasteiger partial charge in [0.25, 0.3) is 0 Å². The monoisotopic (exact) mass is 546 g/mol. The van der Waals surface area contributed by atoms with E-state index in [1.807, 2.05) is 0 Å². The zero-order valence-electron chi connectivity index (χ0n) is 21.7. The molecule has 36 heavy (non-hydrogen) atoms. The molecule has 0 bridgehead atoms. The summed E-state index contributed by atoms with van der Waals surface area (Å²) in [4.78, 5) is 0. The summed E-state index contributed by atoms with van der Waals surface area (Å²) in [5, 5.41) is 5.02. The minimum atomic E-state index is -2.44. The van der Waals surface area contributed by atoms with Crippen molar-refractivity contribution in [2.45, 2.75) is 33.0 Å². The molecule has 0 N–H and O–H groups in total. The van der Waals surface area contributed by atoms with E-state index in [0.29, 0.717) is 0 Å². The highest BCUT2D eigenvalue weighted by Gasteiger charge is 2.42. The maximum Gasteiger partial charge on any atom is 0.172 e. The fraction of sp³-hybridized carbons (Fsp3) is 0.200. The molecule has 0 heterocycles. The van der Waals surface area contributed by atoms with E-state index in [1.54, 1.807) is 0 Å². The molecule has 0 radical (unpaired) electrons. The fourth-order valence-corrected chi connectivity index (χ4v) is 19.4. The Bertz CT molecular complexity index is 1270. The third-order valence-corrected chi connectivity index (χ3v) is 19.1. The molecule has 0 aromatic heterocycles. The van der Waals surface area contributed by atoms with Gasteiger partial charge in [-0.25, -0.2) is 4.44 Å². The second kappa shape index (κ2) is 11.5. The van der Waals surface area contributed by atoms with Crippen LogP contribution in [0.25, 0.3) is 0 Å². The van der Waals surface area contributed by atoms with Crippen molar-refractivity contribution in [3.8, 4) is 0 Å². The molecule has 4 aromatic carbocycles. The standard InChI is InChI=1S/C30H36N2P2SSi/c1-5-26-32(34(35,29-22-14-8-15-23-29)30-24-16-9-17-25-30)33(31-36(2,3)4,27-18-10-6-11-19-27)28-20-12-7-13-21-28/h6-25H,5,26H2,1-4H3. The molecule has 4 rings (SSSR count). The summed E-state index contributed by atoms with van der Waals surface area (Å²) in [6, 6.07) is 43.6. The number of hydrogen-bond donors (Lipinski definition) is 0. The van der Waals surface area contributed by atoms with Gasteiger partial charge in [-0.15, -0.1) is 0 Å². The van der Waals surface area contributed by atoms with Crippen molar-refractivity contribution in [1.29, 1.82) is 0 Å². The van der Waals surface area contributed by atoms with Crippen molar-refractivity contribution in [3.63, 3.8) is 0 Å². The molecular formula is C30H36N2P2SSi. The van der Waals surface area contributed by atoms with Crippen molar-refractivity contribution in [3.05, 3.63) is 121 Å². The Hall–Kier alpha value is -2.06. The van der Waals surface area contributed by atoms with Gasteiger partial charge in [-0.2, -0.15) is 0 Å². The number of nitrogens with zero attached hydrogens (tertiary/aromatic N) is 2. The van der Waals surface area contributed by atoms with Crippen LogP contribution >= 0.6 is 13.4 Å². The minimum Gasteiger partial charge on any atom is -0.317 e. The highest BCUT2D eigenvalue weighted by Crippen LogP contribution is 2.66. The topological polar surface area (TPSA) is 15.6 Å².